The lowest BCUT2D eigenvalue weighted by atomic mass is 10.0. The number of rotatable bonds is 5. The Morgan fingerprint density at radius 2 is 2.29 bits per heavy atom. The molecule has 0 spiro atoms. The fourth-order valence-electron chi connectivity index (χ4n) is 2.67. The summed E-state index contributed by atoms with van der Waals surface area (Å²) in [7, 11) is 1.67. The minimum absolute atomic E-state index is 0.658. The minimum atomic E-state index is 0.658. The van der Waals surface area contributed by atoms with Crippen molar-refractivity contribution in [2.75, 3.05) is 30.7 Å². The Bertz CT molecular complexity index is 600. The second kappa shape index (κ2) is 6.07. The lowest BCUT2D eigenvalue weighted by molar-refractivity contribution is -0.0790. The minimum Gasteiger partial charge on any atom is -0.301 e. The standard InChI is InChI=1S/C15H20N4OS/c1-11-7-17-15-14(13(11)5-4-6-21-3)16-8-12-9-18(20-2)10-19(12)15/h7-9H,4-6,10H2,1-3H3. The molecule has 0 saturated heterocycles. The molecule has 112 valence electrons. The number of hydroxylamine groups is 2. The Morgan fingerprint density at radius 1 is 1.43 bits per heavy atom. The van der Waals surface area contributed by atoms with Gasteiger partial charge >= 0.3 is 0 Å². The molecule has 0 amide bonds. The summed E-state index contributed by atoms with van der Waals surface area (Å²) in [5.74, 6) is 2.11. The highest BCUT2D eigenvalue weighted by Gasteiger charge is 2.29. The first-order valence-corrected chi connectivity index (χ1v) is 8.45. The summed E-state index contributed by atoms with van der Waals surface area (Å²) in [6.45, 7) is 2.78. The van der Waals surface area contributed by atoms with E-state index in [0.29, 0.717) is 6.67 Å². The number of aryl methyl sites for hydroxylation is 1. The number of hydrogen-bond donors (Lipinski definition) is 0. The SMILES string of the molecule is CON1C=C2C=Nc3c(ncc(C)c3CCCSC)N2C1. The van der Waals surface area contributed by atoms with Gasteiger partial charge in [-0.3, -0.25) is 9.83 Å². The van der Waals surface area contributed by atoms with E-state index in [4.69, 9.17) is 4.84 Å². The molecule has 5 nitrogen and oxygen atoms in total. The average molecular weight is 304 g/mol. The first-order chi connectivity index (χ1) is 10.2. The van der Waals surface area contributed by atoms with Crippen molar-refractivity contribution < 1.29 is 4.84 Å². The zero-order chi connectivity index (χ0) is 14.8. The Labute approximate surface area is 129 Å². The van der Waals surface area contributed by atoms with E-state index in [0.717, 1.165) is 23.6 Å². The smallest absolute Gasteiger partial charge is 0.160 e. The van der Waals surface area contributed by atoms with Crippen molar-refractivity contribution in [1.29, 1.82) is 0 Å². The molecule has 3 heterocycles. The van der Waals surface area contributed by atoms with Crippen LogP contribution in [-0.4, -0.2) is 42.0 Å². The molecule has 0 aliphatic carbocycles. The third-order valence-electron chi connectivity index (χ3n) is 3.81. The van der Waals surface area contributed by atoms with E-state index < -0.39 is 0 Å². The van der Waals surface area contributed by atoms with Crippen LogP contribution in [-0.2, 0) is 11.3 Å². The monoisotopic (exact) mass is 304 g/mol. The van der Waals surface area contributed by atoms with Crippen LogP contribution >= 0.6 is 11.8 Å². The van der Waals surface area contributed by atoms with Crippen LogP contribution in [0.1, 0.15) is 17.5 Å². The maximum absolute atomic E-state index is 5.27. The number of thioether (sulfide) groups is 1. The van der Waals surface area contributed by atoms with Gasteiger partial charge in [-0.15, -0.1) is 0 Å². The molecule has 1 aromatic rings. The molecule has 0 radical (unpaired) electrons. The van der Waals surface area contributed by atoms with E-state index in [1.807, 2.05) is 30.4 Å². The normalized spacial score (nSPS) is 16.0. The first-order valence-electron chi connectivity index (χ1n) is 7.06. The van der Waals surface area contributed by atoms with E-state index >= 15 is 0 Å². The van der Waals surface area contributed by atoms with Gasteiger partial charge in [0.25, 0.3) is 0 Å². The number of anilines is 1. The molecule has 0 atom stereocenters. The average Bonchev–Trinajstić information content (AvgIpc) is 2.92. The first kappa shape index (κ1) is 14.4. The zero-order valence-corrected chi connectivity index (χ0v) is 13.5. The molecular weight excluding hydrogens is 284 g/mol. The summed E-state index contributed by atoms with van der Waals surface area (Å²) in [5.41, 5.74) is 4.59. The Hall–Kier alpha value is -1.53. The maximum atomic E-state index is 5.27. The van der Waals surface area contributed by atoms with E-state index in [-0.39, 0.29) is 0 Å². The van der Waals surface area contributed by atoms with E-state index in [1.54, 1.807) is 12.2 Å². The van der Waals surface area contributed by atoms with Crippen molar-refractivity contribution >= 4 is 29.5 Å². The largest absolute Gasteiger partial charge is 0.301 e. The quantitative estimate of drug-likeness (QED) is 0.782. The molecule has 0 fully saturated rings. The van der Waals surface area contributed by atoms with Gasteiger partial charge in [0, 0.05) is 6.20 Å². The summed E-state index contributed by atoms with van der Waals surface area (Å²) in [6.07, 6.45) is 10.2. The number of fused-ring (bicyclic) bond motifs is 3. The van der Waals surface area contributed by atoms with Gasteiger partial charge in [-0.05, 0) is 42.9 Å². The molecule has 1 aromatic heterocycles. The van der Waals surface area contributed by atoms with Crippen LogP contribution in [0.15, 0.2) is 23.1 Å². The fraction of sp³-hybridized carbons (Fsp3) is 0.467. The molecular formula is C15H20N4OS. The summed E-state index contributed by atoms with van der Waals surface area (Å²) in [4.78, 5) is 16.7. The molecule has 0 unspecified atom stereocenters. The van der Waals surface area contributed by atoms with Crippen molar-refractivity contribution in [3.63, 3.8) is 0 Å². The van der Waals surface area contributed by atoms with E-state index in [9.17, 15) is 0 Å². The van der Waals surface area contributed by atoms with Crippen LogP contribution in [0.4, 0.5) is 11.5 Å². The second-order valence-electron chi connectivity index (χ2n) is 5.17. The molecule has 2 aliphatic rings. The van der Waals surface area contributed by atoms with Crippen molar-refractivity contribution in [3.8, 4) is 0 Å². The van der Waals surface area contributed by atoms with Gasteiger partial charge in [-0.25, -0.2) is 10.0 Å². The Kier molecular flexibility index (Phi) is 4.17. The third-order valence-corrected chi connectivity index (χ3v) is 4.51. The van der Waals surface area contributed by atoms with Crippen LogP contribution in [0.2, 0.25) is 0 Å². The molecule has 6 heteroatoms. The second-order valence-corrected chi connectivity index (χ2v) is 6.16. The number of nitrogens with zero attached hydrogens (tertiary/aromatic N) is 4. The van der Waals surface area contributed by atoms with Crippen LogP contribution in [0.25, 0.3) is 0 Å². The highest BCUT2D eigenvalue weighted by Crippen LogP contribution is 2.39. The van der Waals surface area contributed by atoms with Gasteiger partial charge in [-0.1, -0.05) is 0 Å². The molecule has 21 heavy (non-hydrogen) atoms. The lowest BCUT2D eigenvalue weighted by Crippen LogP contribution is -2.28. The number of aliphatic imine (C=N–C) groups is 1. The van der Waals surface area contributed by atoms with Crippen LogP contribution in [0.3, 0.4) is 0 Å². The highest BCUT2D eigenvalue weighted by molar-refractivity contribution is 7.98. The van der Waals surface area contributed by atoms with Gasteiger partial charge < -0.3 is 4.90 Å². The van der Waals surface area contributed by atoms with Gasteiger partial charge in [0.05, 0.1) is 25.2 Å². The molecule has 0 bridgehead atoms. The summed E-state index contributed by atoms with van der Waals surface area (Å²) >= 11 is 1.89. The molecule has 0 saturated carbocycles. The van der Waals surface area contributed by atoms with Gasteiger partial charge in [-0.2, -0.15) is 11.8 Å². The van der Waals surface area contributed by atoms with Crippen molar-refractivity contribution in [1.82, 2.24) is 10.0 Å². The van der Waals surface area contributed by atoms with Crippen molar-refractivity contribution in [2.45, 2.75) is 19.8 Å². The number of pyridine rings is 1. The topological polar surface area (TPSA) is 41.0 Å². The third kappa shape index (κ3) is 2.65. The van der Waals surface area contributed by atoms with Crippen LogP contribution in [0, 0.1) is 6.92 Å². The number of hydrogen-bond acceptors (Lipinski definition) is 6. The molecule has 3 rings (SSSR count). The van der Waals surface area contributed by atoms with E-state index in [2.05, 4.69) is 28.1 Å². The fourth-order valence-corrected chi connectivity index (χ4v) is 3.11. The molecule has 2 aliphatic heterocycles. The molecule has 0 N–H and O–H groups in total. The van der Waals surface area contributed by atoms with Crippen molar-refractivity contribution in [2.24, 2.45) is 4.99 Å². The van der Waals surface area contributed by atoms with Gasteiger partial charge in [0.1, 0.15) is 12.4 Å². The highest BCUT2D eigenvalue weighted by atomic mass is 32.2. The van der Waals surface area contributed by atoms with E-state index in [1.165, 1.54) is 23.3 Å². The van der Waals surface area contributed by atoms with Crippen LogP contribution in [0.5, 0.6) is 0 Å². The maximum Gasteiger partial charge on any atom is 0.160 e. The predicted octanol–water partition coefficient (Wildman–Crippen LogP) is 2.88. The molecule has 0 aromatic carbocycles. The lowest BCUT2D eigenvalue weighted by Gasteiger charge is -2.26. The summed E-state index contributed by atoms with van der Waals surface area (Å²) in [6, 6.07) is 0. The van der Waals surface area contributed by atoms with Crippen molar-refractivity contribution in [3.05, 3.63) is 29.2 Å². The summed E-state index contributed by atoms with van der Waals surface area (Å²) in [5, 5.41) is 1.78. The summed E-state index contributed by atoms with van der Waals surface area (Å²) < 4.78 is 0. The Balaban J connectivity index is 1.93. The number of aromatic nitrogens is 1. The van der Waals surface area contributed by atoms with Crippen LogP contribution < -0.4 is 4.90 Å². The predicted molar refractivity (Wildman–Crippen MR) is 88.1 cm³/mol. The zero-order valence-electron chi connectivity index (χ0n) is 12.7. The Morgan fingerprint density at radius 3 is 3.05 bits per heavy atom. The van der Waals surface area contributed by atoms with Gasteiger partial charge in [0.15, 0.2) is 5.82 Å². The number of allylic oxidation sites excluding steroid dienone is 1. The van der Waals surface area contributed by atoms with Gasteiger partial charge in [0.2, 0.25) is 0 Å².